The predicted molar refractivity (Wildman–Crippen MR) is 118 cm³/mol. The predicted octanol–water partition coefficient (Wildman–Crippen LogP) is 3.08. The number of aromatic nitrogens is 2. The number of benzene rings is 1. The third kappa shape index (κ3) is 4.60. The van der Waals surface area contributed by atoms with Crippen LogP contribution >= 0.6 is 0 Å². The molecule has 0 radical (unpaired) electrons. The van der Waals surface area contributed by atoms with Gasteiger partial charge in [-0.25, -0.2) is 9.97 Å². The molecule has 9 nitrogen and oxygen atoms in total. The standard InChI is InChI=1S/C22H30N4O5/c1-5-6-13-12-26(8-7-15(13)22(27)28)21-20(23)24-11-16(25-21)14-9-17(29-2)19(31-4)18(10-14)30-3/h9-11,13,15H,5-8,12H2,1-4H3,(H2,23,24)(H,27,28)/t13-,15+/m0/s1. The number of nitrogen functional groups attached to an aromatic ring is 1. The molecule has 168 valence electrons. The maximum Gasteiger partial charge on any atom is 0.306 e. The maximum absolute atomic E-state index is 11.7. The Morgan fingerprint density at radius 1 is 1.23 bits per heavy atom. The number of ether oxygens (including phenoxy) is 3. The second-order valence-electron chi connectivity index (χ2n) is 7.61. The molecule has 0 unspecified atom stereocenters. The number of rotatable bonds is 8. The number of carboxylic acids is 1. The summed E-state index contributed by atoms with van der Waals surface area (Å²) >= 11 is 0. The molecule has 1 saturated heterocycles. The summed E-state index contributed by atoms with van der Waals surface area (Å²) in [4.78, 5) is 22.8. The van der Waals surface area contributed by atoms with Gasteiger partial charge in [0.15, 0.2) is 23.1 Å². The van der Waals surface area contributed by atoms with Gasteiger partial charge in [-0.05, 0) is 30.9 Å². The van der Waals surface area contributed by atoms with Crippen LogP contribution in [0.1, 0.15) is 26.2 Å². The number of nitrogens with two attached hydrogens (primary N) is 1. The molecular weight excluding hydrogens is 400 g/mol. The molecule has 1 fully saturated rings. The molecule has 0 spiro atoms. The van der Waals surface area contributed by atoms with Gasteiger partial charge in [-0.1, -0.05) is 13.3 Å². The highest BCUT2D eigenvalue weighted by molar-refractivity contribution is 5.73. The normalized spacial score (nSPS) is 18.5. The number of hydrogen-bond acceptors (Lipinski definition) is 8. The van der Waals surface area contributed by atoms with Crippen LogP contribution < -0.4 is 24.8 Å². The lowest BCUT2D eigenvalue weighted by Gasteiger charge is -2.37. The summed E-state index contributed by atoms with van der Waals surface area (Å²) in [6.07, 6.45) is 3.92. The molecule has 3 rings (SSSR count). The van der Waals surface area contributed by atoms with E-state index >= 15 is 0 Å². The molecule has 1 aliphatic rings. The van der Waals surface area contributed by atoms with E-state index in [1.165, 1.54) is 0 Å². The second-order valence-corrected chi connectivity index (χ2v) is 7.61. The summed E-state index contributed by atoms with van der Waals surface area (Å²) in [6.45, 7) is 3.22. The first kappa shape index (κ1) is 22.5. The van der Waals surface area contributed by atoms with Crippen molar-refractivity contribution in [3.63, 3.8) is 0 Å². The largest absolute Gasteiger partial charge is 0.493 e. The van der Waals surface area contributed by atoms with Crippen molar-refractivity contribution in [2.45, 2.75) is 26.2 Å². The molecule has 0 bridgehead atoms. The Bertz CT molecular complexity index is 911. The van der Waals surface area contributed by atoms with E-state index in [4.69, 9.17) is 24.9 Å². The highest BCUT2D eigenvalue weighted by Crippen LogP contribution is 2.41. The molecule has 1 aliphatic heterocycles. The van der Waals surface area contributed by atoms with Crippen LogP contribution in [-0.4, -0.2) is 55.5 Å². The van der Waals surface area contributed by atoms with Gasteiger partial charge in [-0.3, -0.25) is 4.79 Å². The fourth-order valence-corrected chi connectivity index (χ4v) is 4.20. The molecule has 2 heterocycles. The van der Waals surface area contributed by atoms with Crippen LogP contribution in [0.15, 0.2) is 18.3 Å². The highest BCUT2D eigenvalue weighted by atomic mass is 16.5. The van der Waals surface area contributed by atoms with Crippen molar-refractivity contribution in [2.24, 2.45) is 11.8 Å². The lowest BCUT2D eigenvalue weighted by molar-refractivity contribution is -0.144. The fourth-order valence-electron chi connectivity index (χ4n) is 4.20. The summed E-state index contributed by atoms with van der Waals surface area (Å²) < 4.78 is 16.3. The van der Waals surface area contributed by atoms with Crippen molar-refractivity contribution in [2.75, 3.05) is 45.1 Å². The number of hydrogen-bond donors (Lipinski definition) is 2. The van der Waals surface area contributed by atoms with E-state index in [9.17, 15) is 9.90 Å². The lowest BCUT2D eigenvalue weighted by atomic mass is 9.82. The van der Waals surface area contributed by atoms with Crippen molar-refractivity contribution in [1.82, 2.24) is 9.97 Å². The van der Waals surface area contributed by atoms with Crippen molar-refractivity contribution in [3.05, 3.63) is 18.3 Å². The Labute approximate surface area is 182 Å². The topological polar surface area (TPSA) is 120 Å². The third-order valence-corrected chi connectivity index (χ3v) is 5.75. The van der Waals surface area contributed by atoms with Crippen LogP contribution in [0.4, 0.5) is 11.6 Å². The average Bonchev–Trinajstić information content (AvgIpc) is 2.78. The van der Waals surface area contributed by atoms with Crippen LogP contribution in [0.2, 0.25) is 0 Å². The number of aliphatic carboxylic acids is 1. The van der Waals surface area contributed by atoms with E-state index in [-0.39, 0.29) is 11.8 Å². The molecule has 0 aliphatic carbocycles. The van der Waals surface area contributed by atoms with Gasteiger partial charge in [-0.2, -0.15) is 0 Å². The molecule has 1 aromatic carbocycles. The van der Waals surface area contributed by atoms with Gasteiger partial charge >= 0.3 is 5.97 Å². The van der Waals surface area contributed by atoms with E-state index < -0.39 is 5.97 Å². The van der Waals surface area contributed by atoms with Crippen LogP contribution in [-0.2, 0) is 4.79 Å². The summed E-state index contributed by atoms with van der Waals surface area (Å²) in [5.74, 6) is 1.38. The number of carboxylic acid groups (broad SMARTS) is 1. The molecule has 1 aromatic heterocycles. The SMILES string of the molecule is CCC[C@H]1CN(c2nc(-c3cc(OC)c(OC)c(OC)c3)cnc2N)CC[C@H]1C(=O)O. The first-order chi connectivity index (χ1) is 14.9. The zero-order valence-corrected chi connectivity index (χ0v) is 18.4. The van der Waals surface area contributed by atoms with E-state index in [1.807, 2.05) is 17.0 Å². The van der Waals surface area contributed by atoms with Crippen molar-refractivity contribution < 1.29 is 24.1 Å². The summed E-state index contributed by atoms with van der Waals surface area (Å²) in [5.41, 5.74) is 7.52. The van der Waals surface area contributed by atoms with Gasteiger partial charge in [0.05, 0.1) is 39.1 Å². The van der Waals surface area contributed by atoms with Gasteiger partial charge in [0.2, 0.25) is 5.75 Å². The first-order valence-corrected chi connectivity index (χ1v) is 10.3. The van der Waals surface area contributed by atoms with Crippen LogP contribution in [0.3, 0.4) is 0 Å². The van der Waals surface area contributed by atoms with Gasteiger partial charge < -0.3 is 30.0 Å². The molecule has 2 aromatic rings. The van der Waals surface area contributed by atoms with Crippen molar-refractivity contribution in [1.29, 1.82) is 0 Å². The third-order valence-electron chi connectivity index (χ3n) is 5.75. The Kier molecular flexibility index (Phi) is 7.04. The highest BCUT2D eigenvalue weighted by Gasteiger charge is 2.34. The Balaban J connectivity index is 1.97. The molecule has 9 heteroatoms. The number of piperidine rings is 1. The summed E-state index contributed by atoms with van der Waals surface area (Å²) in [6, 6.07) is 3.61. The van der Waals surface area contributed by atoms with Crippen molar-refractivity contribution >= 4 is 17.6 Å². The Hall–Kier alpha value is -3.23. The van der Waals surface area contributed by atoms with E-state index in [0.717, 1.165) is 18.4 Å². The minimum absolute atomic E-state index is 0.0438. The lowest BCUT2D eigenvalue weighted by Crippen LogP contribution is -2.44. The quantitative estimate of drug-likeness (QED) is 0.651. The number of methoxy groups -OCH3 is 3. The van der Waals surface area contributed by atoms with Gasteiger partial charge in [0.1, 0.15) is 0 Å². The zero-order valence-electron chi connectivity index (χ0n) is 18.4. The number of carbonyl (C=O) groups is 1. The summed E-state index contributed by atoms with van der Waals surface area (Å²) in [7, 11) is 4.66. The minimum Gasteiger partial charge on any atom is -0.493 e. The second kappa shape index (κ2) is 9.72. The fraction of sp³-hybridized carbons (Fsp3) is 0.500. The number of anilines is 2. The smallest absolute Gasteiger partial charge is 0.306 e. The van der Waals surface area contributed by atoms with Crippen LogP contribution in [0.5, 0.6) is 17.2 Å². The summed E-state index contributed by atoms with van der Waals surface area (Å²) in [5, 5.41) is 9.58. The Morgan fingerprint density at radius 2 is 1.90 bits per heavy atom. The first-order valence-electron chi connectivity index (χ1n) is 10.3. The van der Waals surface area contributed by atoms with Gasteiger partial charge in [0, 0.05) is 18.7 Å². The van der Waals surface area contributed by atoms with Gasteiger partial charge in [0.25, 0.3) is 0 Å². The number of nitrogens with zero attached hydrogens (tertiary/aromatic N) is 3. The molecular formula is C22H30N4O5. The molecule has 0 saturated carbocycles. The van der Waals surface area contributed by atoms with Gasteiger partial charge in [-0.15, -0.1) is 0 Å². The monoisotopic (exact) mass is 430 g/mol. The van der Waals surface area contributed by atoms with Crippen molar-refractivity contribution in [3.8, 4) is 28.5 Å². The molecule has 31 heavy (non-hydrogen) atoms. The molecule has 0 amide bonds. The average molecular weight is 431 g/mol. The van der Waals surface area contributed by atoms with E-state index in [2.05, 4.69) is 11.9 Å². The van der Waals surface area contributed by atoms with Crippen LogP contribution in [0.25, 0.3) is 11.3 Å². The van der Waals surface area contributed by atoms with Crippen LogP contribution in [0, 0.1) is 11.8 Å². The molecule has 3 N–H and O–H groups in total. The zero-order chi connectivity index (χ0) is 22.5. The van der Waals surface area contributed by atoms with E-state index in [1.54, 1.807) is 27.5 Å². The Morgan fingerprint density at radius 3 is 2.45 bits per heavy atom. The minimum atomic E-state index is -0.733. The molecule has 2 atom stereocenters. The van der Waals surface area contributed by atoms with E-state index in [0.29, 0.717) is 54.1 Å². The maximum atomic E-state index is 11.7.